The first kappa shape index (κ1) is 37.6. The van der Waals surface area contributed by atoms with Gasteiger partial charge in [0, 0.05) is 57.2 Å². The average Bonchev–Trinajstić information content (AvgIpc) is 3.83. The summed E-state index contributed by atoms with van der Waals surface area (Å²) in [7, 11) is 0. The highest BCUT2D eigenvalue weighted by molar-refractivity contribution is 6.10. The Hall–Kier alpha value is -8.10. The van der Waals surface area contributed by atoms with Gasteiger partial charge in [0.2, 0.25) is 0 Å². The SMILES string of the molecule is [2H]c1nc(-c2cccc(Oc3ccc4c5ccccc5n(-c5cc(C)ccn5)c4c3)c2)c(CCCC)nc1-c1cccc(Oc2ccc3c4ccccc4n(-c4cc(C)ccn4)c3c2)c1. The molecule has 0 atom stereocenters. The van der Waals surface area contributed by atoms with Crippen LogP contribution in [-0.2, 0) is 6.42 Å². The predicted octanol–water partition coefficient (Wildman–Crippen LogP) is 14.3. The third kappa shape index (κ3) is 7.18. The molecule has 5 heterocycles. The van der Waals surface area contributed by atoms with Crippen molar-refractivity contribution in [1.29, 1.82) is 0 Å². The summed E-state index contributed by atoms with van der Waals surface area (Å²) in [5, 5.41) is 4.55. The number of aromatic nitrogens is 6. The number of pyridine rings is 2. The van der Waals surface area contributed by atoms with E-state index in [1.165, 1.54) is 0 Å². The van der Waals surface area contributed by atoms with Crippen molar-refractivity contribution < 1.29 is 10.8 Å². The largest absolute Gasteiger partial charge is 0.457 e. The predicted molar refractivity (Wildman–Crippen MR) is 258 cm³/mol. The summed E-state index contributed by atoms with van der Waals surface area (Å²) in [4.78, 5) is 19.6. The van der Waals surface area contributed by atoms with Crippen LogP contribution in [0.25, 0.3) is 77.8 Å². The maximum Gasteiger partial charge on any atom is 0.137 e. The first-order valence-corrected chi connectivity index (χ1v) is 21.7. The Bertz CT molecular complexity index is 3610. The lowest BCUT2D eigenvalue weighted by atomic mass is 10.0. The fourth-order valence-electron chi connectivity index (χ4n) is 8.76. The molecule has 0 fully saturated rings. The zero-order valence-electron chi connectivity index (χ0n) is 36.8. The Balaban J connectivity index is 0.909. The van der Waals surface area contributed by atoms with Gasteiger partial charge in [0.25, 0.3) is 0 Å². The summed E-state index contributed by atoms with van der Waals surface area (Å²) in [5.74, 6) is 4.40. The van der Waals surface area contributed by atoms with Crippen LogP contribution in [0.5, 0.6) is 23.0 Å². The monoisotopic (exact) mass is 833 g/mol. The van der Waals surface area contributed by atoms with Crippen molar-refractivity contribution in [2.24, 2.45) is 0 Å². The molecule has 0 aliphatic rings. The molecule has 0 aliphatic carbocycles. The van der Waals surface area contributed by atoms with E-state index in [4.69, 9.17) is 29.4 Å². The van der Waals surface area contributed by atoms with Crippen LogP contribution in [0.3, 0.4) is 0 Å². The zero-order valence-corrected chi connectivity index (χ0v) is 35.8. The third-order valence-electron chi connectivity index (χ3n) is 11.8. The summed E-state index contributed by atoms with van der Waals surface area (Å²) in [6.07, 6.45) is 6.42. The number of fused-ring (bicyclic) bond motifs is 6. The molecule has 0 radical (unpaired) electrons. The van der Waals surface area contributed by atoms with Gasteiger partial charge in [-0.1, -0.05) is 74.0 Å². The lowest BCUT2D eigenvalue weighted by Crippen LogP contribution is -2.00. The van der Waals surface area contributed by atoms with Crippen LogP contribution in [0, 0.1) is 13.8 Å². The smallest absolute Gasteiger partial charge is 0.137 e. The Morgan fingerprint density at radius 2 is 1.02 bits per heavy atom. The van der Waals surface area contributed by atoms with Gasteiger partial charge < -0.3 is 9.47 Å². The van der Waals surface area contributed by atoms with Gasteiger partial charge >= 0.3 is 0 Å². The maximum absolute atomic E-state index is 9.23. The van der Waals surface area contributed by atoms with Crippen molar-refractivity contribution >= 4 is 43.6 Å². The van der Waals surface area contributed by atoms with E-state index in [0.29, 0.717) is 40.8 Å². The zero-order chi connectivity index (χ0) is 44.0. The third-order valence-corrected chi connectivity index (χ3v) is 11.8. The van der Waals surface area contributed by atoms with Crippen molar-refractivity contribution in [3.63, 3.8) is 0 Å². The van der Waals surface area contributed by atoms with Crippen LogP contribution in [0.2, 0.25) is 0 Å². The number of nitrogens with zero attached hydrogens (tertiary/aromatic N) is 6. The molecular weight excluding hydrogens is 789 g/mol. The van der Waals surface area contributed by atoms with Gasteiger partial charge in [-0.3, -0.25) is 14.1 Å². The number of benzene rings is 6. The number of rotatable bonds is 11. The lowest BCUT2D eigenvalue weighted by molar-refractivity contribution is 0.483. The standard InChI is InChI=1S/C56H44N6O2/c1-4-5-18-48-56(39-13-11-15-41(32-39)64-43-22-24-47-45-17-7-9-20-51(45)62(53(47)34-43)55-30-37(3)26-28-58-55)59-35-49(60-48)38-12-10-14-40(31-38)63-42-21-23-46-44-16-6-8-19-50(44)61(52(46)33-42)54-29-36(2)25-27-57-54/h6-17,19-35H,4-5,18H2,1-3H3/i35D. The fourth-order valence-corrected chi connectivity index (χ4v) is 8.76. The number of hydrogen-bond donors (Lipinski definition) is 0. The molecule has 0 saturated heterocycles. The summed E-state index contributed by atoms with van der Waals surface area (Å²) in [5.41, 5.74) is 10.1. The Morgan fingerprint density at radius 3 is 1.58 bits per heavy atom. The topological polar surface area (TPSA) is 79.9 Å². The Kier molecular flexibility index (Phi) is 9.59. The van der Waals surface area contributed by atoms with Gasteiger partial charge in [0.1, 0.15) is 34.6 Å². The molecule has 0 spiro atoms. The van der Waals surface area contributed by atoms with Crippen LogP contribution in [0.4, 0.5) is 0 Å². The minimum absolute atomic E-state index is 0.0864. The van der Waals surface area contributed by atoms with Gasteiger partial charge in [-0.2, -0.15) is 0 Å². The molecule has 11 aromatic rings. The van der Waals surface area contributed by atoms with Gasteiger partial charge in [-0.25, -0.2) is 15.0 Å². The second-order valence-corrected chi connectivity index (χ2v) is 16.3. The van der Waals surface area contributed by atoms with Crippen molar-refractivity contribution in [3.8, 4) is 57.1 Å². The molecule has 6 aromatic carbocycles. The van der Waals surface area contributed by atoms with E-state index in [0.717, 1.165) is 96.0 Å². The van der Waals surface area contributed by atoms with Crippen LogP contribution < -0.4 is 9.47 Å². The van der Waals surface area contributed by atoms with E-state index in [9.17, 15) is 1.37 Å². The average molecular weight is 834 g/mol. The van der Waals surface area contributed by atoms with Gasteiger partial charge in [-0.05, 0) is 123 Å². The maximum atomic E-state index is 9.23. The lowest BCUT2D eigenvalue weighted by Gasteiger charge is -2.13. The number of hydrogen-bond acceptors (Lipinski definition) is 6. The molecule has 0 unspecified atom stereocenters. The molecule has 0 amide bonds. The van der Waals surface area contributed by atoms with Crippen LogP contribution in [0.15, 0.2) is 176 Å². The van der Waals surface area contributed by atoms with Crippen LogP contribution in [-0.4, -0.2) is 29.1 Å². The molecular formula is C56H44N6O2. The van der Waals surface area contributed by atoms with E-state index in [1.54, 1.807) is 0 Å². The van der Waals surface area contributed by atoms with E-state index < -0.39 is 0 Å². The minimum Gasteiger partial charge on any atom is -0.457 e. The molecule has 0 bridgehead atoms. The number of para-hydroxylation sites is 2. The molecule has 0 saturated carbocycles. The van der Waals surface area contributed by atoms with Gasteiger partial charge in [0.15, 0.2) is 0 Å². The first-order valence-electron chi connectivity index (χ1n) is 22.2. The van der Waals surface area contributed by atoms with Crippen molar-refractivity contribution in [2.75, 3.05) is 0 Å². The van der Waals surface area contributed by atoms with Gasteiger partial charge in [0.05, 0.1) is 46.7 Å². The van der Waals surface area contributed by atoms with Crippen molar-refractivity contribution in [1.82, 2.24) is 29.1 Å². The quantitative estimate of drug-likeness (QED) is 0.129. The summed E-state index contributed by atoms with van der Waals surface area (Å²) < 4.78 is 26.8. The Morgan fingerprint density at radius 1 is 0.500 bits per heavy atom. The van der Waals surface area contributed by atoms with Crippen LogP contribution >= 0.6 is 0 Å². The molecule has 0 N–H and O–H groups in total. The molecule has 11 rings (SSSR count). The second-order valence-electron chi connectivity index (χ2n) is 16.3. The van der Waals surface area contributed by atoms with Gasteiger partial charge in [-0.15, -0.1) is 0 Å². The van der Waals surface area contributed by atoms with E-state index in [-0.39, 0.29) is 6.17 Å². The summed E-state index contributed by atoms with van der Waals surface area (Å²) >= 11 is 0. The van der Waals surface area contributed by atoms with Crippen molar-refractivity contribution in [3.05, 3.63) is 193 Å². The molecule has 8 heteroatoms. The van der Waals surface area contributed by atoms with Crippen LogP contribution in [0.1, 0.15) is 38.0 Å². The highest BCUT2D eigenvalue weighted by Gasteiger charge is 2.18. The second kappa shape index (κ2) is 16.3. The fraction of sp³-hybridized carbons (Fsp3) is 0.107. The first-order chi connectivity index (χ1) is 31.9. The highest BCUT2D eigenvalue weighted by Crippen LogP contribution is 2.38. The molecule has 310 valence electrons. The number of unbranched alkanes of at least 4 members (excludes halogenated alkanes) is 1. The normalized spacial score (nSPS) is 11.8. The summed E-state index contributed by atoms with van der Waals surface area (Å²) in [6.45, 7) is 6.33. The van der Waals surface area contributed by atoms with E-state index in [1.807, 2.05) is 85.2 Å². The Labute approximate surface area is 372 Å². The minimum atomic E-state index is 0.0864. The number of ether oxygens (including phenoxy) is 2. The molecule has 8 nitrogen and oxygen atoms in total. The number of aryl methyl sites for hydroxylation is 3. The molecule has 0 aliphatic heterocycles. The molecule has 5 aromatic heterocycles. The molecule has 64 heavy (non-hydrogen) atoms. The van der Waals surface area contributed by atoms with Crippen molar-refractivity contribution in [2.45, 2.75) is 40.0 Å². The highest BCUT2D eigenvalue weighted by atomic mass is 16.5. The summed E-state index contributed by atoms with van der Waals surface area (Å²) in [6, 6.07) is 53.1. The van der Waals surface area contributed by atoms with E-state index >= 15 is 0 Å². The van der Waals surface area contributed by atoms with E-state index in [2.05, 4.69) is 115 Å².